The molecule has 0 bridgehead atoms. The normalized spacial score (nSPS) is 12.6. The lowest BCUT2D eigenvalue weighted by molar-refractivity contribution is 0.194. The molecule has 1 N–H and O–H groups in total. The van der Waals surface area contributed by atoms with Crippen molar-refractivity contribution in [1.82, 2.24) is 14.5 Å². The zero-order chi connectivity index (χ0) is 12.3. The molecule has 2 aromatic heterocycles. The molecule has 2 heterocycles. The van der Waals surface area contributed by atoms with Crippen LogP contribution in [0.2, 0.25) is 0 Å². The maximum atomic E-state index is 9.40. The second-order valence-electron chi connectivity index (χ2n) is 4.08. The largest absolute Gasteiger partial charge is 0.387 e. The summed E-state index contributed by atoms with van der Waals surface area (Å²) in [6.07, 6.45) is 6.99. The Kier molecular flexibility index (Phi) is 3.54. The average Bonchev–Trinajstić information content (AvgIpc) is 2.78. The molecule has 0 aliphatic carbocycles. The van der Waals surface area contributed by atoms with Gasteiger partial charge in [-0.15, -0.1) is 0 Å². The SMILES string of the molecule is CCCc1nccn1-c1ccc([C@@H](C)O)nc1. The van der Waals surface area contributed by atoms with Crippen molar-refractivity contribution in [2.24, 2.45) is 0 Å². The van der Waals surface area contributed by atoms with E-state index in [1.54, 1.807) is 19.3 Å². The van der Waals surface area contributed by atoms with Crippen LogP contribution in [0.15, 0.2) is 30.7 Å². The summed E-state index contributed by atoms with van der Waals surface area (Å²) in [7, 11) is 0. The van der Waals surface area contributed by atoms with Crippen LogP contribution in [0.4, 0.5) is 0 Å². The quantitative estimate of drug-likeness (QED) is 0.878. The number of imidazole rings is 1. The van der Waals surface area contributed by atoms with E-state index >= 15 is 0 Å². The molecular formula is C13H17N3O. The van der Waals surface area contributed by atoms with Gasteiger partial charge in [0.15, 0.2) is 0 Å². The second-order valence-corrected chi connectivity index (χ2v) is 4.08. The number of aliphatic hydroxyl groups excluding tert-OH is 1. The van der Waals surface area contributed by atoms with Gasteiger partial charge in [0, 0.05) is 18.8 Å². The molecule has 2 rings (SSSR count). The summed E-state index contributed by atoms with van der Waals surface area (Å²) in [4.78, 5) is 8.56. The Morgan fingerprint density at radius 3 is 2.76 bits per heavy atom. The predicted octanol–water partition coefficient (Wildman–Crippen LogP) is 2.27. The highest BCUT2D eigenvalue weighted by Gasteiger charge is 2.06. The molecule has 2 aromatic rings. The Bertz CT molecular complexity index is 474. The van der Waals surface area contributed by atoms with Crippen molar-refractivity contribution < 1.29 is 5.11 Å². The van der Waals surface area contributed by atoms with Crippen LogP contribution >= 0.6 is 0 Å². The van der Waals surface area contributed by atoms with Gasteiger partial charge in [0.1, 0.15) is 5.82 Å². The third-order valence-electron chi connectivity index (χ3n) is 2.67. The Balaban J connectivity index is 2.30. The molecule has 0 saturated heterocycles. The minimum Gasteiger partial charge on any atom is -0.387 e. The van der Waals surface area contributed by atoms with E-state index in [0.29, 0.717) is 5.69 Å². The fourth-order valence-electron chi connectivity index (χ4n) is 1.77. The summed E-state index contributed by atoms with van der Waals surface area (Å²) in [5.41, 5.74) is 1.67. The molecule has 17 heavy (non-hydrogen) atoms. The Hall–Kier alpha value is -1.68. The monoisotopic (exact) mass is 231 g/mol. The van der Waals surface area contributed by atoms with Gasteiger partial charge in [-0.2, -0.15) is 0 Å². The van der Waals surface area contributed by atoms with Crippen LogP contribution in [0.1, 0.15) is 37.9 Å². The van der Waals surface area contributed by atoms with Crippen LogP contribution in [-0.2, 0) is 6.42 Å². The molecule has 4 nitrogen and oxygen atoms in total. The summed E-state index contributed by atoms with van der Waals surface area (Å²) in [5, 5.41) is 9.40. The topological polar surface area (TPSA) is 50.9 Å². The third-order valence-corrected chi connectivity index (χ3v) is 2.67. The van der Waals surface area contributed by atoms with Crippen LogP contribution in [0.3, 0.4) is 0 Å². The number of rotatable bonds is 4. The van der Waals surface area contributed by atoms with Crippen LogP contribution < -0.4 is 0 Å². The van der Waals surface area contributed by atoms with E-state index in [4.69, 9.17) is 0 Å². The fourth-order valence-corrected chi connectivity index (χ4v) is 1.77. The third kappa shape index (κ3) is 2.53. The van der Waals surface area contributed by atoms with Gasteiger partial charge in [0.05, 0.1) is 23.7 Å². The first-order valence-corrected chi connectivity index (χ1v) is 5.89. The molecule has 0 radical (unpaired) electrons. The Labute approximate surface area is 101 Å². The van der Waals surface area contributed by atoms with Gasteiger partial charge in [-0.3, -0.25) is 4.98 Å². The first kappa shape index (κ1) is 11.8. The summed E-state index contributed by atoms with van der Waals surface area (Å²) in [6, 6.07) is 3.80. The van der Waals surface area contributed by atoms with Crippen molar-refractivity contribution in [2.75, 3.05) is 0 Å². The minimum atomic E-state index is -0.526. The zero-order valence-electron chi connectivity index (χ0n) is 10.2. The Morgan fingerprint density at radius 1 is 1.35 bits per heavy atom. The number of aromatic nitrogens is 3. The fraction of sp³-hybridized carbons (Fsp3) is 0.385. The van der Waals surface area contributed by atoms with Crippen LogP contribution in [0.25, 0.3) is 5.69 Å². The van der Waals surface area contributed by atoms with Crippen molar-refractivity contribution in [3.63, 3.8) is 0 Å². The number of hydrogen-bond donors (Lipinski definition) is 1. The van der Waals surface area contributed by atoms with Crippen molar-refractivity contribution in [3.8, 4) is 5.69 Å². The standard InChI is InChI=1S/C13H17N3O/c1-3-4-13-14-7-8-16(13)11-5-6-12(10(2)17)15-9-11/h5-10,17H,3-4H2,1-2H3/t10-/m1/s1. The highest BCUT2D eigenvalue weighted by Crippen LogP contribution is 2.14. The first-order chi connectivity index (χ1) is 8.22. The van der Waals surface area contributed by atoms with Gasteiger partial charge >= 0.3 is 0 Å². The molecule has 0 amide bonds. The van der Waals surface area contributed by atoms with Crippen molar-refractivity contribution in [3.05, 3.63) is 42.2 Å². The van der Waals surface area contributed by atoms with E-state index in [1.165, 1.54) is 0 Å². The smallest absolute Gasteiger partial charge is 0.113 e. The van der Waals surface area contributed by atoms with E-state index in [1.807, 2.05) is 22.9 Å². The average molecular weight is 231 g/mol. The summed E-state index contributed by atoms with van der Waals surface area (Å²) in [6.45, 7) is 3.84. The number of aryl methyl sites for hydroxylation is 1. The maximum Gasteiger partial charge on any atom is 0.113 e. The molecular weight excluding hydrogens is 214 g/mol. The second kappa shape index (κ2) is 5.10. The van der Waals surface area contributed by atoms with E-state index < -0.39 is 6.10 Å². The lowest BCUT2D eigenvalue weighted by atomic mass is 10.2. The van der Waals surface area contributed by atoms with E-state index in [0.717, 1.165) is 24.4 Å². The molecule has 1 atom stereocenters. The summed E-state index contributed by atoms with van der Waals surface area (Å²) < 4.78 is 2.03. The molecule has 0 aromatic carbocycles. The van der Waals surface area contributed by atoms with E-state index in [9.17, 15) is 5.11 Å². The lowest BCUT2D eigenvalue weighted by Crippen LogP contribution is -2.02. The number of pyridine rings is 1. The molecule has 90 valence electrons. The molecule has 4 heteroatoms. The molecule has 0 saturated carbocycles. The summed E-state index contributed by atoms with van der Waals surface area (Å²) >= 11 is 0. The molecule has 0 unspecified atom stereocenters. The van der Waals surface area contributed by atoms with E-state index in [-0.39, 0.29) is 0 Å². The molecule has 0 aliphatic rings. The lowest BCUT2D eigenvalue weighted by Gasteiger charge is -2.08. The van der Waals surface area contributed by atoms with E-state index in [2.05, 4.69) is 16.9 Å². The number of nitrogens with zero attached hydrogens (tertiary/aromatic N) is 3. The van der Waals surface area contributed by atoms with Gasteiger partial charge in [0.2, 0.25) is 0 Å². The first-order valence-electron chi connectivity index (χ1n) is 5.89. The van der Waals surface area contributed by atoms with Crippen molar-refractivity contribution in [1.29, 1.82) is 0 Å². The molecule has 0 aliphatic heterocycles. The van der Waals surface area contributed by atoms with Crippen LogP contribution in [0.5, 0.6) is 0 Å². The van der Waals surface area contributed by atoms with Crippen molar-refractivity contribution in [2.45, 2.75) is 32.8 Å². The zero-order valence-corrected chi connectivity index (χ0v) is 10.2. The van der Waals surface area contributed by atoms with Gasteiger partial charge in [-0.1, -0.05) is 6.92 Å². The number of hydrogen-bond acceptors (Lipinski definition) is 3. The van der Waals surface area contributed by atoms with Crippen LogP contribution in [-0.4, -0.2) is 19.6 Å². The maximum absolute atomic E-state index is 9.40. The summed E-state index contributed by atoms with van der Waals surface area (Å²) in [5.74, 6) is 1.04. The highest BCUT2D eigenvalue weighted by molar-refractivity contribution is 5.31. The van der Waals surface area contributed by atoms with Gasteiger partial charge in [-0.05, 0) is 25.5 Å². The highest BCUT2D eigenvalue weighted by atomic mass is 16.3. The predicted molar refractivity (Wildman–Crippen MR) is 66.0 cm³/mol. The van der Waals surface area contributed by atoms with Crippen LogP contribution in [0, 0.1) is 0 Å². The molecule has 0 fully saturated rings. The minimum absolute atomic E-state index is 0.526. The Morgan fingerprint density at radius 2 is 2.18 bits per heavy atom. The van der Waals surface area contributed by atoms with Gasteiger partial charge in [-0.25, -0.2) is 4.98 Å². The number of aliphatic hydroxyl groups is 1. The van der Waals surface area contributed by atoms with Gasteiger partial charge in [0.25, 0.3) is 0 Å². The van der Waals surface area contributed by atoms with Crippen molar-refractivity contribution >= 4 is 0 Å². The van der Waals surface area contributed by atoms with Gasteiger partial charge < -0.3 is 9.67 Å². The molecule has 0 spiro atoms.